The van der Waals surface area contributed by atoms with E-state index < -0.39 is 0 Å². The van der Waals surface area contributed by atoms with Crippen LogP contribution in [0.4, 0.5) is 5.69 Å². The average molecular weight is 179 g/mol. The van der Waals surface area contributed by atoms with Crippen LogP contribution in [0.15, 0.2) is 18.7 Å². The third kappa shape index (κ3) is 1.59. The summed E-state index contributed by atoms with van der Waals surface area (Å²) in [5.41, 5.74) is 7.20. The molecule has 13 heavy (non-hydrogen) atoms. The Morgan fingerprint density at radius 3 is 2.46 bits per heavy atom. The summed E-state index contributed by atoms with van der Waals surface area (Å²) < 4.78 is 10.2. The highest BCUT2D eigenvalue weighted by molar-refractivity contribution is 5.73. The van der Waals surface area contributed by atoms with Crippen LogP contribution in [0.1, 0.15) is 5.56 Å². The molecule has 0 aliphatic rings. The Morgan fingerprint density at radius 2 is 2.00 bits per heavy atom. The van der Waals surface area contributed by atoms with Crippen molar-refractivity contribution in [2.75, 3.05) is 20.0 Å². The van der Waals surface area contributed by atoms with Gasteiger partial charge in [0.15, 0.2) is 11.5 Å². The number of ether oxygens (including phenoxy) is 2. The van der Waals surface area contributed by atoms with Gasteiger partial charge in [0.1, 0.15) is 0 Å². The van der Waals surface area contributed by atoms with Crippen LogP contribution in [0.3, 0.4) is 0 Å². The van der Waals surface area contributed by atoms with Crippen molar-refractivity contribution in [1.29, 1.82) is 0 Å². The first-order valence-corrected chi connectivity index (χ1v) is 3.87. The van der Waals surface area contributed by atoms with Crippen molar-refractivity contribution in [2.45, 2.75) is 0 Å². The molecule has 3 heteroatoms. The molecule has 0 aliphatic carbocycles. The van der Waals surface area contributed by atoms with E-state index in [1.165, 1.54) is 0 Å². The maximum Gasteiger partial charge on any atom is 0.184 e. The van der Waals surface area contributed by atoms with Crippen molar-refractivity contribution >= 4 is 11.8 Å². The fourth-order valence-electron chi connectivity index (χ4n) is 1.14. The number of rotatable bonds is 3. The van der Waals surface area contributed by atoms with E-state index in [0.29, 0.717) is 17.2 Å². The van der Waals surface area contributed by atoms with Crippen LogP contribution in [-0.4, -0.2) is 14.2 Å². The lowest BCUT2D eigenvalue weighted by molar-refractivity contribution is 0.356. The minimum atomic E-state index is 0.553. The molecule has 3 nitrogen and oxygen atoms in total. The van der Waals surface area contributed by atoms with E-state index in [0.717, 1.165) is 5.56 Å². The van der Waals surface area contributed by atoms with Crippen molar-refractivity contribution in [3.8, 4) is 11.5 Å². The Labute approximate surface area is 77.8 Å². The molecule has 0 aliphatic heterocycles. The minimum Gasteiger partial charge on any atom is -0.493 e. The topological polar surface area (TPSA) is 44.5 Å². The van der Waals surface area contributed by atoms with Crippen molar-refractivity contribution < 1.29 is 9.47 Å². The van der Waals surface area contributed by atoms with Gasteiger partial charge in [-0.3, -0.25) is 0 Å². The number of hydrogen-bond acceptors (Lipinski definition) is 3. The fraction of sp³-hybridized carbons (Fsp3) is 0.200. The van der Waals surface area contributed by atoms with Crippen LogP contribution in [0.25, 0.3) is 6.08 Å². The predicted octanol–water partition coefficient (Wildman–Crippen LogP) is 1.93. The minimum absolute atomic E-state index is 0.553. The Hall–Kier alpha value is -1.64. The summed E-state index contributed by atoms with van der Waals surface area (Å²) in [7, 11) is 3.13. The van der Waals surface area contributed by atoms with Gasteiger partial charge in [-0.25, -0.2) is 0 Å². The van der Waals surface area contributed by atoms with Crippen molar-refractivity contribution in [3.05, 3.63) is 24.3 Å². The molecule has 0 bridgehead atoms. The van der Waals surface area contributed by atoms with Gasteiger partial charge < -0.3 is 15.2 Å². The third-order valence-electron chi connectivity index (χ3n) is 1.84. The first-order valence-electron chi connectivity index (χ1n) is 3.87. The molecule has 1 aromatic rings. The summed E-state index contributed by atoms with van der Waals surface area (Å²) in [6, 6.07) is 3.63. The van der Waals surface area contributed by atoms with Gasteiger partial charge in [-0.1, -0.05) is 12.7 Å². The highest BCUT2D eigenvalue weighted by atomic mass is 16.5. The van der Waals surface area contributed by atoms with Gasteiger partial charge in [-0.2, -0.15) is 0 Å². The molecular formula is C10H13NO2. The summed E-state index contributed by atoms with van der Waals surface area (Å²) in [6.45, 7) is 3.65. The molecule has 0 fully saturated rings. The van der Waals surface area contributed by atoms with Gasteiger partial charge in [-0.15, -0.1) is 0 Å². The largest absolute Gasteiger partial charge is 0.493 e. The first kappa shape index (κ1) is 9.45. The molecule has 0 radical (unpaired) electrons. The molecule has 70 valence electrons. The second-order valence-electron chi connectivity index (χ2n) is 2.51. The molecule has 0 atom stereocenters. The lowest BCUT2D eigenvalue weighted by atomic mass is 10.1. The number of nitrogens with two attached hydrogens (primary N) is 1. The quantitative estimate of drug-likeness (QED) is 0.721. The molecular weight excluding hydrogens is 166 g/mol. The average Bonchev–Trinajstić information content (AvgIpc) is 2.17. The number of methoxy groups -OCH3 is 2. The summed E-state index contributed by atoms with van der Waals surface area (Å²) in [5.74, 6) is 1.19. The Morgan fingerprint density at radius 1 is 1.31 bits per heavy atom. The van der Waals surface area contributed by atoms with E-state index in [1.807, 2.05) is 6.07 Å². The van der Waals surface area contributed by atoms with E-state index in [1.54, 1.807) is 26.4 Å². The monoisotopic (exact) mass is 179 g/mol. The number of hydrogen-bond donors (Lipinski definition) is 1. The molecule has 0 heterocycles. The van der Waals surface area contributed by atoms with Crippen LogP contribution < -0.4 is 15.2 Å². The normalized spacial score (nSPS) is 9.38. The standard InChI is InChI=1S/C10H13NO2/c1-4-7-5-6-8(12-2)10(13-3)9(7)11/h4-6H,1,11H2,2-3H3. The Kier molecular flexibility index (Phi) is 2.80. The Bertz CT molecular complexity index is 321. The van der Waals surface area contributed by atoms with Gasteiger partial charge >= 0.3 is 0 Å². The van der Waals surface area contributed by atoms with Gasteiger partial charge in [0.05, 0.1) is 19.9 Å². The summed E-state index contributed by atoms with van der Waals surface area (Å²) in [5, 5.41) is 0. The number of benzene rings is 1. The SMILES string of the molecule is C=Cc1ccc(OC)c(OC)c1N. The van der Waals surface area contributed by atoms with Crippen molar-refractivity contribution in [2.24, 2.45) is 0 Å². The van der Waals surface area contributed by atoms with Gasteiger partial charge in [-0.05, 0) is 12.1 Å². The van der Waals surface area contributed by atoms with E-state index in [-0.39, 0.29) is 0 Å². The summed E-state index contributed by atoms with van der Waals surface area (Å²) in [4.78, 5) is 0. The molecule has 0 saturated heterocycles. The smallest absolute Gasteiger partial charge is 0.184 e. The third-order valence-corrected chi connectivity index (χ3v) is 1.84. The lowest BCUT2D eigenvalue weighted by Gasteiger charge is -2.11. The predicted molar refractivity (Wildman–Crippen MR) is 54.0 cm³/mol. The molecule has 0 unspecified atom stereocenters. The van der Waals surface area contributed by atoms with Crippen LogP contribution in [0.2, 0.25) is 0 Å². The van der Waals surface area contributed by atoms with Crippen molar-refractivity contribution in [3.63, 3.8) is 0 Å². The molecule has 1 rings (SSSR count). The molecule has 1 aromatic carbocycles. The summed E-state index contributed by atoms with van der Waals surface area (Å²) >= 11 is 0. The second-order valence-corrected chi connectivity index (χ2v) is 2.51. The van der Waals surface area contributed by atoms with Crippen LogP contribution in [-0.2, 0) is 0 Å². The van der Waals surface area contributed by atoms with Crippen molar-refractivity contribution in [1.82, 2.24) is 0 Å². The molecule has 0 aromatic heterocycles. The first-order chi connectivity index (χ1) is 6.24. The van der Waals surface area contributed by atoms with Crippen LogP contribution in [0.5, 0.6) is 11.5 Å². The maximum absolute atomic E-state index is 5.80. The zero-order chi connectivity index (χ0) is 9.84. The molecule has 0 amide bonds. The second kappa shape index (κ2) is 3.85. The van der Waals surface area contributed by atoms with Crippen LogP contribution >= 0.6 is 0 Å². The maximum atomic E-state index is 5.80. The number of anilines is 1. The molecule has 2 N–H and O–H groups in total. The van der Waals surface area contributed by atoms with Gasteiger partial charge in [0.2, 0.25) is 0 Å². The zero-order valence-electron chi connectivity index (χ0n) is 7.83. The number of nitrogen functional groups attached to an aromatic ring is 1. The van der Waals surface area contributed by atoms with E-state index in [4.69, 9.17) is 15.2 Å². The molecule has 0 saturated carbocycles. The lowest BCUT2D eigenvalue weighted by Crippen LogP contribution is -1.98. The zero-order valence-corrected chi connectivity index (χ0v) is 7.83. The highest BCUT2D eigenvalue weighted by Gasteiger charge is 2.09. The van der Waals surface area contributed by atoms with E-state index in [9.17, 15) is 0 Å². The van der Waals surface area contributed by atoms with E-state index >= 15 is 0 Å². The van der Waals surface area contributed by atoms with Gasteiger partial charge in [0.25, 0.3) is 0 Å². The summed E-state index contributed by atoms with van der Waals surface area (Å²) in [6.07, 6.45) is 1.68. The van der Waals surface area contributed by atoms with Gasteiger partial charge in [0, 0.05) is 5.56 Å². The molecule has 0 spiro atoms. The van der Waals surface area contributed by atoms with Crippen LogP contribution in [0, 0.1) is 0 Å². The van der Waals surface area contributed by atoms with E-state index in [2.05, 4.69) is 6.58 Å². The highest BCUT2D eigenvalue weighted by Crippen LogP contribution is 2.35. The Balaban J connectivity index is 3.31. The fourth-order valence-corrected chi connectivity index (χ4v) is 1.14.